The molecular formula is C12H12N2OS. The van der Waals surface area contributed by atoms with Crippen LogP contribution < -0.4 is 0 Å². The second-order valence-corrected chi connectivity index (χ2v) is 4.90. The van der Waals surface area contributed by atoms with Crippen LogP contribution in [0.25, 0.3) is 0 Å². The van der Waals surface area contributed by atoms with Gasteiger partial charge in [-0.15, -0.1) is 21.5 Å². The molecule has 0 spiro atoms. The van der Waals surface area contributed by atoms with Gasteiger partial charge in [0.15, 0.2) is 5.78 Å². The van der Waals surface area contributed by atoms with Gasteiger partial charge in [0, 0.05) is 5.56 Å². The molecule has 2 rings (SSSR count). The predicted molar refractivity (Wildman–Crippen MR) is 63.9 cm³/mol. The van der Waals surface area contributed by atoms with E-state index in [-0.39, 0.29) is 5.78 Å². The van der Waals surface area contributed by atoms with Crippen LogP contribution >= 0.6 is 11.3 Å². The highest BCUT2D eigenvalue weighted by Gasteiger charge is 2.11. The molecule has 4 heteroatoms. The molecular weight excluding hydrogens is 220 g/mol. The van der Waals surface area contributed by atoms with Gasteiger partial charge in [-0.3, -0.25) is 4.79 Å². The van der Waals surface area contributed by atoms with Crippen LogP contribution in [-0.2, 0) is 6.42 Å². The maximum absolute atomic E-state index is 12.0. The lowest BCUT2D eigenvalue weighted by atomic mass is 10.0. The lowest BCUT2D eigenvalue weighted by Gasteiger charge is -2.01. The molecule has 0 radical (unpaired) electrons. The summed E-state index contributed by atoms with van der Waals surface area (Å²) in [7, 11) is 0. The molecule has 1 heterocycles. The van der Waals surface area contributed by atoms with Gasteiger partial charge >= 0.3 is 0 Å². The summed E-state index contributed by atoms with van der Waals surface area (Å²) >= 11 is 1.47. The van der Waals surface area contributed by atoms with Crippen molar-refractivity contribution in [2.24, 2.45) is 0 Å². The lowest BCUT2D eigenvalue weighted by molar-refractivity contribution is 0.0992. The Kier molecular flexibility index (Phi) is 3.10. The largest absolute Gasteiger partial charge is 0.294 e. The van der Waals surface area contributed by atoms with Gasteiger partial charge in [0.25, 0.3) is 0 Å². The number of hydrogen-bond acceptors (Lipinski definition) is 4. The Morgan fingerprint density at radius 2 is 2.00 bits per heavy atom. The molecule has 0 aliphatic rings. The number of benzene rings is 1. The van der Waals surface area contributed by atoms with Crippen LogP contribution in [0.3, 0.4) is 0 Å². The van der Waals surface area contributed by atoms with Crippen LogP contribution in [0, 0.1) is 13.8 Å². The minimum Gasteiger partial charge on any atom is -0.294 e. The van der Waals surface area contributed by atoms with Crippen LogP contribution in [0.5, 0.6) is 0 Å². The monoisotopic (exact) mass is 232 g/mol. The van der Waals surface area contributed by atoms with Gasteiger partial charge in [-0.25, -0.2) is 0 Å². The highest BCUT2D eigenvalue weighted by molar-refractivity contribution is 7.11. The Hall–Kier alpha value is -1.55. The van der Waals surface area contributed by atoms with Crippen molar-refractivity contribution >= 4 is 17.1 Å². The predicted octanol–water partition coefficient (Wildman–Crippen LogP) is 2.58. The molecule has 0 fully saturated rings. The van der Waals surface area contributed by atoms with Crippen LogP contribution in [0.15, 0.2) is 24.3 Å². The first kappa shape index (κ1) is 11.0. The van der Waals surface area contributed by atoms with E-state index in [9.17, 15) is 4.79 Å². The van der Waals surface area contributed by atoms with E-state index in [4.69, 9.17) is 0 Å². The minimum absolute atomic E-state index is 0.106. The molecule has 82 valence electrons. The SMILES string of the molecule is Cc1nnc(CC(=O)c2ccccc2C)s1. The van der Waals surface area contributed by atoms with Crippen molar-refractivity contribution in [2.45, 2.75) is 20.3 Å². The molecule has 3 nitrogen and oxygen atoms in total. The van der Waals surface area contributed by atoms with Crippen molar-refractivity contribution in [1.29, 1.82) is 0 Å². The van der Waals surface area contributed by atoms with Crippen molar-refractivity contribution < 1.29 is 4.79 Å². The Balaban J connectivity index is 2.18. The van der Waals surface area contributed by atoms with Crippen LogP contribution in [-0.4, -0.2) is 16.0 Å². The maximum atomic E-state index is 12.0. The van der Waals surface area contributed by atoms with Gasteiger partial charge in [-0.05, 0) is 19.4 Å². The molecule has 0 saturated heterocycles. The van der Waals surface area contributed by atoms with Gasteiger partial charge in [0.2, 0.25) is 0 Å². The van der Waals surface area contributed by atoms with Crippen LogP contribution in [0.2, 0.25) is 0 Å². The third kappa shape index (κ3) is 2.33. The van der Waals surface area contributed by atoms with Crippen molar-refractivity contribution in [1.82, 2.24) is 10.2 Å². The summed E-state index contributed by atoms with van der Waals surface area (Å²) in [5.74, 6) is 0.106. The second kappa shape index (κ2) is 4.53. The molecule has 0 aliphatic heterocycles. The average molecular weight is 232 g/mol. The highest BCUT2D eigenvalue weighted by Crippen LogP contribution is 2.14. The quantitative estimate of drug-likeness (QED) is 0.764. The number of nitrogens with zero attached hydrogens (tertiary/aromatic N) is 2. The van der Waals surface area contributed by atoms with E-state index in [2.05, 4.69) is 10.2 Å². The molecule has 16 heavy (non-hydrogen) atoms. The first-order valence-electron chi connectivity index (χ1n) is 5.04. The molecule has 1 aromatic carbocycles. The van der Waals surface area contributed by atoms with Gasteiger partial charge in [-0.1, -0.05) is 24.3 Å². The Labute approximate surface area is 98.2 Å². The summed E-state index contributed by atoms with van der Waals surface area (Å²) < 4.78 is 0. The van der Waals surface area contributed by atoms with E-state index < -0.39 is 0 Å². The second-order valence-electron chi connectivity index (χ2n) is 3.63. The standard InChI is InChI=1S/C12H12N2OS/c1-8-5-3-4-6-10(8)11(15)7-12-14-13-9(2)16-12/h3-6H,7H2,1-2H3. The minimum atomic E-state index is 0.106. The molecule has 0 N–H and O–H groups in total. The van der Waals surface area contributed by atoms with E-state index in [1.807, 2.05) is 38.1 Å². The number of Topliss-reactive ketones (excluding diaryl/α,β-unsaturated/α-hetero) is 1. The Morgan fingerprint density at radius 1 is 1.25 bits per heavy atom. The van der Waals surface area contributed by atoms with Crippen molar-refractivity contribution in [3.63, 3.8) is 0 Å². The maximum Gasteiger partial charge on any atom is 0.170 e. The first-order chi connectivity index (χ1) is 7.66. The summed E-state index contributed by atoms with van der Waals surface area (Å²) in [6.07, 6.45) is 0.344. The lowest BCUT2D eigenvalue weighted by Crippen LogP contribution is -2.05. The molecule has 0 amide bonds. The fraction of sp³-hybridized carbons (Fsp3) is 0.250. The first-order valence-corrected chi connectivity index (χ1v) is 5.86. The number of hydrogen-bond donors (Lipinski definition) is 0. The number of ketones is 1. The topological polar surface area (TPSA) is 42.9 Å². The van der Waals surface area contributed by atoms with E-state index >= 15 is 0 Å². The highest BCUT2D eigenvalue weighted by atomic mass is 32.1. The van der Waals surface area contributed by atoms with Crippen LogP contribution in [0.4, 0.5) is 0 Å². The van der Waals surface area contributed by atoms with Gasteiger partial charge in [0.1, 0.15) is 10.0 Å². The van der Waals surface area contributed by atoms with Gasteiger partial charge < -0.3 is 0 Å². The van der Waals surface area contributed by atoms with E-state index in [0.717, 1.165) is 21.1 Å². The van der Waals surface area contributed by atoms with Gasteiger partial charge in [-0.2, -0.15) is 0 Å². The summed E-state index contributed by atoms with van der Waals surface area (Å²) in [4.78, 5) is 12.0. The number of carbonyl (C=O) groups is 1. The molecule has 0 unspecified atom stereocenters. The average Bonchev–Trinajstić information content (AvgIpc) is 2.64. The zero-order valence-electron chi connectivity index (χ0n) is 9.23. The van der Waals surface area contributed by atoms with Gasteiger partial charge in [0.05, 0.1) is 6.42 Å². The fourth-order valence-electron chi connectivity index (χ4n) is 1.53. The van der Waals surface area contributed by atoms with E-state index in [1.54, 1.807) is 0 Å². The van der Waals surface area contributed by atoms with Crippen molar-refractivity contribution in [3.05, 3.63) is 45.4 Å². The summed E-state index contributed by atoms with van der Waals surface area (Å²) in [6.45, 7) is 3.83. The molecule has 1 aromatic heterocycles. The van der Waals surface area contributed by atoms with Crippen molar-refractivity contribution in [3.8, 4) is 0 Å². The number of aromatic nitrogens is 2. The molecule has 0 aliphatic carbocycles. The molecule has 2 aromatic rings. The zero-order chi connectivity index (χ0) is 11.5. The molecule has 0 saturated carbocycles. The summed E-state index contributed by atoms with van der Waals surface area (Å²) in [5.41, 5.74) is 1.78. The zero-order valence-corrected chi connectivity index (χ0v) is 10.0. The number of carbonyl (C=O) groups excluding carboxylic acids is 1. The number of rotatable bonds is 3. The number of aryl methyl sites for hydroxylation is 2. The van der Waals surface area contributed by atoms with E-state index in [0.29, 0.717) is 6.42 Å². The molecule has 0 atom stereocenters. The normalized spacial score (nSPS) is 10.4. The third-order valence-corrected chi connectivity index (χ3v) is 3.16. The smallest absolute Gasteiger partial charge is 0.170 e. The van der Waals surface area contributed by atoms with E-state index in [1.165, 1.54) is 11.3 Å². The third-order valence-electron chi connectivity index (χ3n) is 2.33. The Morgan fingerprint density at radius 3 is 2.62 bits per heavy atom. The summed E-state index contributed by atoms with van der Waals surface area (Å²) in [6, 6.07) is 7.61. The van der Waals surface area contributed by atoms with Crippen molar-refractivity contribution in [2.75, 3.05) is 0 Å². The Bertz CT molecular complexity index is 519. The fourth-order valence-corrected chi connectivity index (χ4v) is 2.23. The molecule has 0 bridgehead atoms. The van der Waals surface area contributed by atoms with Crippen LogP contribution in [0.1, 0.15) is 25.9 Å². The summed E-state index contributed by atoms with van der Waals surface area (Å²) in [5, 5.41) is 9.54.